The van der Waals surface area contributed by atoms with Crippen LogP contribution in [0.1, 0.15) is 24.1 Å². The van der Waals surface area contributed by atoms with Crippen molar-refractivity contribution in [1.82, 2.24) is 0 Å². The second-order valence-corrected chi connectivity index (χ2v) is 5.69. The summed E-state index contributed by atoms with van der Waals surface area (Å²) in [4.78, 5) is 12.8. The van der Waals surface area contributed by atoms with Crippen LogP contribution in [0.25, 0.3) is 0 Å². The van der Waals surface area contributed by atoms with Gasteiger partial charge in [0.15, 0.2) is 5.78 Å². The molecule has 1 unspecified atom stereocenters. The molecule has 1 aromatic heterocycles. The van der Waals surface area contributed by atoms with Gasteiger partial charge in [-0.1, -0.05) is 0 Å². The molecular weight excluding hydrogens is 274 g/mol. The molecule has 0 saturated heterocycles. The molecule has 2 nitrogen and oxygen atoms in total. The Morgan fingerprint density at radius 3 is 2.93 bits per heavy atom. The van der Waals surface area contributed by atoms with Crippen LogP contribution < -0.4 is 0 Å². The molecule has 4 heteroatoms. The van der Waals surface area contributed by atoms with Crippen LogP contribution in [-0.4, -0.2) is 5.78 Å². The van der Waals surface area contributed by atoms with Crippen molar-refractivity contribution in [3.8, 4) is 6.07 Å². The number of hydrogen-bond acceptors (Lipinski definition) is 3. The second-order valence-electron chi connectivity index (χ2n) is 3.84. The monoisotopic (exact) mass is 283 g/mol. The van der Waals surface area contributed by atoms with Gasteiger partial charge in [-0.25, -0.2) is 0 Å². The first-order chi connectivity index (χ1) is 7.18. The molecule has 0 aromatic carbocycles. The highest BCUT2D eigenvalue weighted by Gasteiger charge is 2.42. The van der Waals surface area contributed by atoms with Crippen molar-refractivity contribution in [3.05, 3.63) is 20.8 Å². The highest BCUT2D eigenvalue weighted by molar-refractivity contribution is 9.10. The van der Waals surface area contributed by atoms with Gasteiger partial charge in [-0.05, 0) is 40.2 Å². The van der Waals surface area contributed by atoms with Gasteiger partial charge in [0.2, 0.25) is 0 Å². The molecule has 2 rings (SSSR count). The zero-order chi connectivity index (χ0) is 10.9. The average molecular weight is 284 g/mol. The topological polar surface area (TPSA) is 40.9 Å². The fourth-order valence-electron chi connectivity index (χ4n) is 2.00. The quantitative estimate of drug-likeness (QED) is 0.836. The molecule has 0 N–H and O–H groups in total. The standard InChI is InChI=1S/C11H10BrNOS/c12-8-3-5-15-9(8)6-11(7-13)4-1-2-10(11)14/h3,5H,1-2,4,6H2. The molecule has 78 valence electrons. The van der Waals surface area contributed by atoms with Crippen LogP contribution in [-0.2, 0) is 11.2 Å². The third-order valence-corrected chi connectivity index (χ3v) is 4.83. The predicted molar refractivity (Wildman–Crippen MR) is 62.6 cm³/mol. The van der Waals surface area contributed by atoms with Crippen molar-refractivity contribution in [2.75, 3.05) is 0 Å². The number of ketones is 1. The molecule has 1 heterocycles. The minimum atomic E-state index is -0.743. The summed E-state index contributed by atoms with van der Waals surface area (Å²) in [5.74, 6) is 0.116. The van der Waals surface area contributed by atoms with Crippen molar-refractivity contribution in [2.24, 2.45) is 5.41 Å². The van der Waals surface area contributed by atoms with Crippen LogP contribution in [0.15, 0.2) is 15.9 Å². The summed E-state index contributed by atoms with van der Waals surface area (Å²) in [5, 5.41) is 11.2. The molecule has 15 heavy (non-hydrogen) atoms. The van der Waals surface area contributed by atoms with E-state index in [1.165, 1.54) is 0 Å². The lowest BCUT2D eigenvalue weighted by molar-refractivity contribution is -0.123. The van der Waals surface area contributed by atoms with Gasteiger partial charge in [0.25, 0.3) is 0 Å². The minimum absolute atomic E-state index is 0.116. The zero-order valence-electron chi connectivity index (χ0n) is 8.12. The Morgan fingerprint density at radius 2 is 2.47 bits per heavy atom. The van der Waals surface area contributed by atoms with Crippen LogP contribution in [0.2, 0.25) is 0 Å². The Hall–Kier alpha value is -0.660. The maximum Gasteiger partial charge on any atom is 0.153 e. The maximum atomic E-state index is 11.7. The molecule has 0 spiro atoms. The van der Waals surface area contributed by atoms with Crippen LogP contribution >= 0.6 is 27.3 Å². The van der Waals surface area contributed by atoms with Gasteiger partial charge in [-0.3, -0.25) is 4.79 Å². The summed E-state index contributed by atoms with van der Waals surface area (Å²) >= 11 is 5.04. The Labute approximate surface area is 101 Å². The Bertz CT molecular complexity index is 434. The lowest BCUT2D eigenvalue weighted by atomic mass is 9.83. The van der Waals surface area contributed by atoms with Crippen LogP contribution in [0.4, 0.5) is 0 Å². The van der Waals surface area contributed by atoms with Gasteiger partial charge >= 0.3 is 0 Å². The highest BCUT2D eigenvalue weighted by Crippen LogP contribution is 2.40. The SMILES string of the molecule is N#CC1(Cc2sccc2Br)CCCC1=O. The van der Waals surface area contributed by atoms with Crippen molar-refractivity contribution < 1.29 is 4.79 Å². The predicted octanol–water partition coefficient (Wildman–Crippen LogP) is 3.32. The Balaban J connectivity index is 2.27. The van der Waals surface area contributed by atoms with E-state index in [1.807, 2.05) is 11.4 Å². The van der Waals surface area contributed by atoms with Gasteiger partial charge in [0.05, 0.1) is 6.07 Å². The van der Waals surface area contributed by atoms with Crippen LogP contribution in [0, 0.1) is 16.7 Å². The molecule has 1 aromatic rings. The molecule has 1 aliphatic carbocycles. The summed E-state index contributed by atoms with van der Waals surface area (Å²) in [6.45, 7) is 0. The highest BCUT2D eigenvalue weighted by atomic mass is 79.9. The van der Waals surface area contributed by atoms with Crippen LogP contribution in [0.3, 0.4) is 0 Å². The van der Waals surface area contributed by atoms with Crippen molar-refractivity contribution in [1.29, 1.82) is 5.26 Å². The van der Waals surface area contributed by atoms with E-state index in [1.54, 1.807) is 11.3 Å². The second kappa shape index (κ2) is 4.07. The van der Waals surface area contributed by atoms with Gasteiger partial charge < -0.3 is 0 Å². The summed E-state index contributed by atoms with van der Waals surface area (Å²) in [7, 11) is 0. The number of nitriles is 1. The first kappa shape index (κ1) is 10.8. The number of carbonyl (C=O) groups is 1. The summed E-state index contributed by atoms with van der Waals surface area (Å²) in [6.07, 6.45) is 2.71. The number of Topliss-reactive ketones (excluding diaryl/α,β-unsaturated/α-hetero) is 1. The molecule has 0 bridgehead atoms. The third-order valence-electron chi connectivity index (χ3n) is 2.91. The van der Waals surface area contributed by atoms with E-state index in [-0.39, 0.29) is 5.78 Å². The zero-order valence-corrected chi connectivity index (χ0v) is 10.5. The number of nitrogens with zero attached hydrogens (tertiary/aromatic N) is 1. The fraction of sp³-hybridized carbons (Fsp3) is 0.455. The van der Waals surface area contributed by atoms with Crippen molar-refractivity contribution >= 4 is 33.0 Å². The lowest BCUT2D eigenvalue weighted by Crippen LogP contribution is -2.26. The summed E-state index contributed by atoms with van der Waals surface area (Å²) in [6, 6.07) is 4.19. The smallest absolute Gasteiger partial charge is 0.153 e. The molecular formula is C11H10BrNOS. The molecule has 1 aliphatic rings. The first-order valence-corrected chi connectivity index (χ1v) is 6.52. The third kappa shape index (κ3) is 1.86. The van der Waals surface area contributed by atoms with Crippen molar-refractivity contribution in [3.63, 3.8) is 0 Å². The lowest BCUT2D eigenvalue weighted by Gasteiger charge is -2.17. The molecule has 1 fully saturated rings. The molecule has 0 radical (unpaired) electrons. The van der Waals surface area contributed by atoms with Crippen LogP contribution in [0.5, 0.6) is 0 Å². The number of hydrogen-bond donors (Lipinski definition) is 0. The summed E-state index contributed by atoms with van der Waals surface area (Å²) in [5.41, 5.74) is -0.743. The van der Waals surface area contributed by atoms with Gasteiger partial charge in [0, 0.05) is 22.2 Å². The maximum absolute atomic E-state index is 11.7. The molecule has 0 amide bonds. The van der Waals surface area contributed by atoms with E-state index in [9.17, 15) is 10.1 Å². The van der Waals surface area contributed by atoms with Crippen molar-refractivity contribution in [2.45, 2.75) is 25.7 Å². The van der Waals surface area contributed by atoms with E-state index in [4.69, 9.17) is 0 Å². The van der Waals surface area contributed by atoms with Gasteiger partial charge in [0.1, 0.15) is 5.41 Å². The fourth-order valence-corrected chi connectivity index (χ4v) is 3.61. The van der Waals surface area contributed by atoms with E-state index in [2.05, 4.69) is 22.0 Å². The average Bonchev–Trinajstić information content (AvgIpc) is 2.77. The van der Waals surface area contributed by atoms with E-state index in [0.717, 1.165) is 15.8 Å². The molecule has 1 atom stereocenters. The number of thiophene rings is 1. The van der Waals surface area contributed by atoms with E-state index >= 15 is 0 Å². The minimum Gasteiger partial charge on any atom is -0.298 e. The Kier molecular flexibility index (Phi) is 2.94. The molecule has 1 saturated carbocycles. The Morgan fingerprint density at radius 1 is 1.67 bits per heavy atom. The number of rotatable bonds is 2. The largest absolute Gasteiger partial charge is 0.298 e. The first-order valence-electron chi connectivity index (χ1n) is 4.84. The van der Waals surface area contributed by atoms with E-state index in [0.29, 0.717) is 19.3 Å². The number of carbonyl (C=O) groups excluding carboxylic acids is 1. The van der Waals surface area contributed by atoms with Gasteiger partial charge in [-0.15, -0.1) is 11.3 Å². The van der Waals surface area contributed by atoms with E-state index < -0.39 is 5.41 Å². The van der Waals surface area contributed by atoms with Gasteiger partial charge in [-0.2, -0.15) is 5.26 Å². The number of halogens is 1. The molecule has 0 aliphatic heterocycles. The normalized spacial score (nSPS) is 25.5. The summed E-state index contributed by atoms with van der Waals surface area (Å²) < 4.78 is 1.02.